The normalized spacial score (nSPS) is 10.4. The van der Waals surface area contributed by atoms with Crippen molar-refractivity contribution in [3.8, 4) is 11.6 Å². The van der Waals surface area contributed by atoms with Crippen molar-refractivity contribution in [2.45, 2.75) is 20.3 Å². The molecule has 4 nitrogen and oxygen atoms in total. The van der Waals surface area contributed by atoms with Crippen LogP contribution in [0.5, 0.6) is 11.6 Å². The number of benzene rings is 1. The number of ether oxygens (including phenoxy) is 1. The second kappa shape index (κ2) is 5.60. The van der Waals surface area contributed by atoms with Gasteiger partial charge in [-0.15, -0.1) is 0 Å². The van der Waals surface area contributed by atoms with Crippen LogP contribution in [0.4, 0.5) is 0 Å². The molecule has 2 aromatic rings. The van der Waals surface area contributed by atoms with Crippen LogP contribution >= 0.6 is 0 Å². The summed E-state index contributed by atoms with van der Waals surface area (Å²) in [5, 5.41) is 0. The average molecular weight is 243 g/mol. The summed E-state index contributed by atoms with van der Waals surface area (Å²) in [4.78, 5) is 8.54. The SMILES string of the molecule is Cc1cnc(C)c(Oc2ccc(CCN)cc2)n1. The fourth-order valence-corrected chi connectivity index (χ4v) is 1.61. The van der Waals surface area contributed by atoms with Gasteiger partial charge in [-0.1, -0.05) is 12.1 Å². The van der Waals surface area contributed by atoms with Crippen molar-refractivity contribution in [2.75, 3.05) is 6.54 Å². The fourth-order valence-electron chi connectivity index (χ4n) is 1.61. The number of aromatic nitrogens is 2. The third-order valence-corrected chi connectivity index (χ3v) is 2.60. The highest BCUT2D eigenvalue weighted by Gasteiger charge is 2.04. The minimum atomic E-state index is 0.557. The van der Waals surface area contributed by atoms with E-state index in [1.54, 1.807) is 6.20 Å². The monoisotopic (exact) mass is 243 g/mol. The van der Waals surface area contributed by atoms with E-state index in [1.165, 1.54) is 5.56 Å². The lowest BCUT2D eigenvalue weighted by Crippen LogP contribution is -2.02. The Kier molecular flexibility index (Phi) is 3.89. The van der Waals surface area contributed by atoms with Gasteiger partial charge < -0.3 is 10.5 Å². The number of rotatable bonds is 4. The van der Waals surface area contributed by atoms with Crippen LogP contribution < -0.4 is 10.5 Å². The molecule has 94 valence electrons. The van der Waals surface area contributed by atoms with Crippen LogP contribution in [0, 0.1) is 13.8 Å². The molecule has 4 heteroatoms. The molecule has 0 atom stereocenters. The lowest BCUT2D eigenvalue weighted by molar-refractivity contribution is 0.453. The molecule has 0 amide bonds. The zero-order chi connectivity index (χ0) is 13.0. The van der Waals surface area contributed by atoms with Crippen LogP contribution in [0.25, 0.3) is 0 Å². The van der Waals surface area contributed by atoms with Crippen LogP contribution in [-0.4, -0.2) is 16.5 Å². The first kappa shape index (κ1) is 12.5. The summed E-state index contributed by atoms with van der Waals surface area (Å²) in [6.45, 7) is 4.43. The first-order chi connectivity index (χ1) is 8.69. The van der Waals surface area contributed by atoms with Crippen LogP contribution in [0.3, 0.4) is 0 Å². The molecule has 0 fully saturated rings. The molecule has 0 spiro atoms. The van der Waals surface area contributed by atoms with E-state index in [4.69, 9.17) is 10.5 Å². The third kappa shape index (κ3) is 3.05. The molecule has 0 aliphatic rings. The number of hydrogen-bond acceptors (Lipinski definition) is 4. The summed E-state index contributed by atoms with van der Waals surface area (Å²) in [6, 6.07) is 7.88. The van der Waals surface area contributed by atoms with Gasteiger partial charge in [0.15, 0.2) is 0 Å². The minimum Gasteiger partial charge on any atom is -0.437 e. The van der Waals surface area contributed by atoms with Gasteiger partial charge in [0.2, 0.25) is 5.88 Å². The van der Waals surface area contributed by atoms with E-state index in [1.807, 2.05) is 38.1 Å². The quantitative estimate of drug-likeness (QED) is 0.895. The predicted molar refractivity (Wildman–Crippen MR) is 70.8 cm³/mol. The van der Waals surface area contributed by atoms with Crippen LogP contribution in [-0.2, 0) is 6.42 Å². The van der Waals surface area contributed by atoms with Gasteiger partial charge in [0, 0.05) is 6.20 Å². The van der Waals surface area contributed by atoms with E-state index in [9.17, 15) is 0 Å². The largest absolute Gasteiger partial charge is 0.437 e. The molecule has 18 heavy (non-hydrogen) atoms. The van der Waals surface area contributed by atoms with Crippen LogP contribution in [0.1, 0.15) is 17.0 Å². The third-order valence-electron chi connectivity index (χ3n) is 2.60. The summed E-state index contributed by atoms with van der Waals surface area (Å²) >= 11 is 0. The number of nitrogens with zero attached hydrogens (tertiary/aromatic N) is 2. The molecule has 0 saturated carbocycles. The Balaban J connectivity index is 2.15. The molecule has 0 unspecified atom stereocenters. The number of hydrogen-bond donors (Lipinski definition) is 1. The maximum atomic E-state index is 5.72. The van der Waals surface area contributed by atoms with Gasteiger partial charge >= 0.3 is 0 Å². The fraction of sp³-hybridized carbons (Fsp3) is 0.286. The Labute approximate surface area is 107 Å². The van der Waals surface area contributed by atoms with Gasteiger partial charge in [-0.05, 0) is 44.5 Å². The van der Waals surface area contributed by atoms with Gasteiger partial charge in [-0.25, -0.2) is 4.98 Å². The Morgan fingerprint density at radius 1 is 1.17 bits per heavy atom. The van der Waals surface area contributed by atoms with Crippen molar-refractivity contribution in [2.24, 2.45) is 5.73 Å². The molecular formula is C14H17N3O. The molecule has 0 radical (unpaired) electrons. The van der Waals surface area contributed by atoms with Crippen molar-refractivity contribution >= 4 is 0 Å². The Bertz CT molecular complexity index is 523. The molecule has 2 N–H and O–H groups in total. The summed E-state index contributed by atoms with van der Waals surface area (Å²) in [6.07, 6.45) is 2.61. The average Bonchev–Trinajstić information content (AvgIpc) is 2.37. The highest BCUT2D eigenvalue weighted by Crippen LogP contribution is 2.22. The topological polar surface area (TPSA) is 61.0 Å². The van der Waals surface area contributed by atoms with Crippen LogP contribution in [0.15, 0.2) is 30.5 Å². The molecule has 1 aromatic heterocycles. The van der Waals surface area contributed by atoms with E-state index in [-0.39, 0.29) is 0 Å². The Hall–Kier alpha value is -1.94. The van der Waals surface area contributed by atoms with Gasteiger partial charge in [-0.2, -0.15) is 0 Å². The standard InChI is InChI=1S/C14H17N3O/c1-10-9-16-11(2)14(17-10)18-13-5-3-12(4-6-13)7-8-15/h3-6,9H,7-8,15H2,1-2H3. The van der Waals surface area contributed by atoms with Gasteiger partial charge in [0.1, 0.15) is 5.75 Å². The summed E-state index contributed by atoms with van der Waals surface area (Å²) in [7, 11) is 0. The lowest BCUT2D eigenvalue weighted by atomic mass is 10.1. The number of nitrogens with two attached hydrogens (primary N) is 1. The molecule has 1 heterocycles. The van der Waals surface area contributed by atoms with E-state index in [0.29, 0.717) is 12.4 Å². The second-order valence-electron chi connectivity index (χ2n) is 4.19. The smallest absolute Gasteiger partial charge is 0.241 e. The highest BCUT2D eigenvalue weighted by molar-refractivity contribution is 5.32. The zero-order valence-corrected chi connectivity index (χ0v) is 10.7. The second-order valence-corrected chi connectivity index (χ2v) is 4.19. The van der Waals surface area contributed by atoms with E-state index in [2.05, 4.69) is 9.97 Å². The summed E-state index contributed by atoms with van der Waals surface area (Å²) in [5.41, 5.74) is 8.34. The summed E-state index contributed by atoms with van der Waals surface area (Å²) < 4.78 is 5.72. The van der Waals surface area contributed by atoms with Crippen molar-refractivity contribution in [3.05, 3.63) is 47.4 Å². The highest BCUT2D eigenvalue weighted by atomic mass is 16.5. The molecule has 2 rings (SSSR count). The molecule has 0 aliphatic heterocycles. The lowest BCUT2D eigenvalue weighted by Gasteiger charge is -2.08. The summed E-state index contributed by atoms with van der Waals surface area (Å²) in [5.74, 6) is 1.32. The molecule has 0 saturated heterocycles. The predicted octanol–water partition coefficient (Wildman–Crippen LogP) is 2.39. The first-order valence-corrected chi connectivity index (χ1v) is 5.96. The first-order valence-electron chi connectivity index (χ1n) is 5.96. The maximum absolute atomic E-state index is 5.72. The van der Waals surface area contributed by atoms with Gasteiger partial charge in [0.05, 0.1) is 11.4 Å². The van der Waals surface area contributed by atoms with Gasteiger partial charge in [-0.3, -0.25) is 4.98 Å². The van der Waals surface area contributed by atoms with E-state index in [0.717, 1.165) is 23.6 Å². The van der Waals surface area contributed by atoms with E-state index < -0.39 is 0 Å². The molecule has 1 aromatic carbocycles. The maximum Gasteiger partial charge on any atom is 0.241 e. The zero-order valence-electron chi connectivity index (χ0n) is 10.7. The Morgan fingerprint density at radius 2 is 1.89 bits per heavy atom. The van der Waals surface area contributed by atoms with E-state index >= 15 is 0 Å². The van der Waals surface area contributed by atoms with Crippen molar-refractivity contribution in [1.82, 2.24) is 9.97 Å². The van der Waals surface area contributed by atoms with Crippen LogP contribution in [0.2, 0.25) is 0 Å². The van der Waals surface area contributed by atoms with Gasteiger partial charge in [0.25, 0.3) is 0 Å². The van der Waals surface area contributed by atoms with Crippen molar-refractivity contribution in [1.29, 1.82) is 0 Å². The van der Waals surface area contributed by atoms with Crippen molar-refractivity contribution < 1.29 is 4.74 Å². The number of aryl methyl sites for hydroxylation is 2. The Morgan fingerprint density at radius 3 is 2.56 bits per heavy atom. The molecule has 0 aliphatic carbocycles. The van der Waals surface area contributed by atoms with Crippen molar-refractivity contribution in [3.63, 3.8) is 0 Å². The molecular weight excluding hydrogens is 226 g/mol. The molecule has 0 bridgehead atoms. The minimum absolute atomic E-state index is 0.557.